The van der Waals surface area contributed by atoms with Crippen molar-refractivity contribution in [1.29, 1.82) is 0 Å². The molecule has 2 aliphatic carbocycles. The summed E-state index contributed by atoms with van der Waals surface area (Å²) in [4.78, 5) is 12.4. The Hall–Kier alpha value is -0.640. The van der Waals surface area contributed by atoms with Gasteiger partial charge in [-0.3, -0.25) is 4.79 Å². The molecule has 0 bridgehead atoms. The molecule has 2 saturated carbocycles. The number of amides is 1. The van der Waals surface area contributed by atoms with Crippen molar-refractivity contribution < 1.29 is 4.79 Å². The van der Waals surface area contributed by atoms with Gasteiger partial charge in [-0.15, -0.1) is 0 Å². The fourth-order valence-corrected chi connectivity index (χ4v) is 2.59. The van der Waals surface area contributed by atoms with Crippen LogP contribution in [0.4, 0.5) is 0 Å². The van der Waals surface area contributed by atoms with Crippen molar-refractivity contribution in [3.8, 4) is 0 Å². The van der Waals surface area contributed by atoms with Crippen molar-refractivity contribution in [1.82, 2.24) is 5.32 Å². The molecule has 0 spiro atoms. The minimum Gasteiger partial charge on any atom is -0.392 e. The van der Waals surface area contributed by atoms with Crippen molar-refractivity contribution in [2.45, 2.75) is 45.1 Å². The van der Waals surface area contributed by atoms with Gasteiger partial charge in [0.15, 0.2) is 0 Å². The Kier molecular flexibility index (Phi) is 2.71. The van der Waals surface area contributed by atoms with Crippen LogP contribution in [0.2, 0.25) is 0 Å². The minimum atomic E-state index is -0.504. The SMILES string of the molecule is CCC1CC1NC(=O)C1(C(N)=S)CCC1. The van der Waals surface area contributed by atoms with Crippen LogP contribution in [0, 0.1) is 11.3 Å². The monoisotopic (exact) mass is 226 g/mol. The van der Waals surface area contributed by atoms with Crippen LogP contribution in [0.5, 0.6) is 0 Å². The third-order valence-corrected chi connectivity index (χ3v) is 4.27. The van der Waals surface area contributed by atoms with Crippen molar-refractivity contribution in [3.05, 3.63) is 0 Å². The van der Waals surface area contributed by atoms with Crippen molar-refractivity contribution >= 4 is 23.1 Å². The van der Waals surface area contributed by atoms with Gasteiger partial charge in [0.2, 0.25) is 5.91 Å². The van der Waals surface area contributed by atoms with E-state index in [4.69, 9.17) is 18.0 Å². The molecule has 0 radical (unpaired) electrons. The van der Waals surface area contributed by atoms with Crippen LogP contribution in [0.15, 0.2) is 0 Å². The van der Waals surface area contributed by atoms with Gasteiger partial charge in [0.05, 0.1) is 10.4 Å². The van der Waals surface area contributed by atoms with Gasteiger partial charge in [-0.1, -0.05) is 32.0 Å². The highest BCUT2D eigenvalue weighted by molar-refractivity contribution is 7.80. The predicted molar refractivity (Wildman–Crippen MR) is 63.4 cm³/mol. The molecule has 0 aromatic heterocycles. The summed E-state index contributed by atoms with van der Waals surface area (Å²) in [5.41, 5.74) is 5.16. The van der Waals surface area contributed by atoms with Crippen molar-refractivity contribution in [2.24, 2.45) is 17.1 Å². The zero-order valence-electron chi connectivity index (χ0n) is 9.08. The highest BCUT2D eigenvalue weighted by atomic mass is 32.1. The maximum Gasteiger partial charge on any atom is 0.233 e. The molecule has 0 aromatic rings. The average Bonchev–Trinajstić information content (AvgIpc) is 2.80. The second kappa shape index (κ2) is 3.74. The van der Waals surface area contributed by atoms with Crippen LogP contribution in [-0.2, 0) is 4.79 Å². The van der Waals surface area contributed by atoms with Gasteiger partial charge >= 0.3 is 0 Å². The van der Waals surface area contributed by atoms with Gasteiger partial charge in [-0.05, 0) is 25.2 Å². The first-order valence-electron chi connectivity index (χ1n) is 5.71. The maximum atomic E-state index is 12.0. The van der Waals surface area contributed by atoms with Crippen LogP contribution in [0.1, 0.15) is 39.0 Å². The fraction of sp³-hybridized carbons (Fsp3) is 0.818. The first-order chi connectivity index (χ1) is 7.10. The largest absolute Gasteiger partial charge is 0.392 e. The van der Waals surface area contributed by atoms with Gasteiger partial charge in [-0.2, -0.15) is 0 Å². The van der Waals surface area contributed by atoms with E-state index >= 15 is 0 Å². The standard InChI is InChI=1S/C11H18N2OS/c1-2-7-6-8(7)13-10(14)11(9(12)15)4-3-5-11/h7-8H,2-6H2,1H3,(H2,12,15)(H,13,14). The van der Waals surface area contributed by atoms with Gasteiger partial charge in [0.1, 0.15) is 0 Å². The van der Waals surface area contributed by atoms with E-state index in [2.05, 4.69) is 12.2 Å². The molecule has 84 valence electrons. The first-order valence-corrected chi connectivity index (χ1v) is 6.12. The molecule has 0 saturated heterocycles. The normalized spacial score (nSPS) is 31.5. The molecule has 15 heavy (non-hydrogen) atoms. The van der Waals surface area contributed by atoms with E-state index in [-0.39, 0.29) is 5.91 Å². The number of hydrogen-bond acceptors (Lipinski definition) is 2. The summed E-state index contributed by atoms with van der Waals surface area (Å²) < 4.78 is 0. The van der Waals surface area contributed by atoms with Crippen molar-refractivity contribution in [2.75, 3.05) is 0 Å². The van der Waals surface area contributed by atoms with Crippen LogP contribution in [0.3, 0.4) is 0 Å². The summed E-state index contributed by atoms with van der Waals surface area (Å²) in [6, 6.07) is 0.384. The molecule has 2 aliphatic rings. The zero-order chi connectivity index (χ0) is 11.1. The second-order valence-electron chi connectivity index (χ2n) is 4.78. The number of thiocarbonyl (C=S) groups is 1. The van der Waals surface area contributed by atoms with E-state index in [1.165, 1.54) is 0 Å². The maximum absolute atomic E-state index is 12.0. The fourth-order valence-electron chi connectivity index (χ4n) is 2.30. The molecule has 2 fully saturated rings. The van der Waals surface area contributed by atoms with Gasteiger partial charge in [0.25, 0.3) is 0 Å². The Balaban J connectivity index is 1.92. The molecule has 2 atom stereocenters. The Morgan fingerprint density at radius 3 is 2.60 bits per heavy atom. The minimum absolute atomic E-state index is 0.0715. The topological polar surface area (TPSA) is 55.1 Å². The van der Waals surface area contributed by atoms with Gasteiger partial charge in [-0.25, -0.2) is 0 Å². The number of nitrogens with two attached hydrogens (primary N) is 1. The lowest BCUT2D eigenvalue weighted by Crippen LogP contribution is -2.53. The Morgan fingerprint density at radius 1 is 1.60 bits per heavy atom. The number of rotatable bonds is 4. The first kappa shape index (κ1) is 10.9. The number of nitrogens with one attached hydrogen (secondary N) is 1. The zero-order valence-corrected chi connectivity index (χ0v) is 9.90. The van der Waals surface area contributed by atoms with Crippen LogP contribution >= 0.6 is 12.2 Å². The Morgan fingerprint density at radius 2 is 2.27 bits per heavy atom. The molecule has 2 rings (SSSR count). The van der Waals surface area contributed by atoms with Gasteiger partial charge in [0, 0.05) is 6.04 Å². The van der Waals surface area contributed by atoms with E-state index in [0.29, 0.717) is 16.9 Å². The molecule has 3 N–H and O–H groups in total. The van der Waals surface area contributed by atoms with Crippen LogP contribution < -0.4 is 11.1 Å². The lowest BCUT2D eigenvalue weighted by Gasteiger charge is -2.39. The van der Waals surface area contributed by atoms with Crippen LogP contribution in [0.25, 0.3) is 0 Å². The second-order valence-corrected chi connectivity index (χ2v) is 5.22. The number of carbonyl (C=O) groups is 1. The third-order valence-electron chi connectivity index (χ3n) is 3.88. The van der Waals surface area contributed by atoms with Gasteiger partial charge < -0.3 is 11.1 Å². The number of carbonyl (C=O) groups excluding carboxylic acids is 1. The Labute approximate surface area is 95.8 Å². The quantitative estimate of drug-likeness (QED) is 0.712. The molecule has 0 aromatic carbocycles. The highest BCUT2D eigenvalue weighted by Gasteiger charge is 2.49. The molecule has 1 amide bonds. The molecule has 4 heteroatoms. The van der Waals surface area contributed by atoms with E-state index in [1.807, 2.05) is 0 Å². The van der Waals surface area contributed by atoms with E-state index in [0.717, 1.165) is 32.1 Å². The molecule has 0 heterocycles. The highest BCUT2D eigenvalue weighted by Crippen LogP contribution is 2.43. The van der Waals surface area contributed by atoms with E-state index < -0.39 is 5.41 Å². The molecule has 2 unspecified atom stereocenters. The number of hydrogen-bond donors (Lipinski definition) is 2. The summed E-state index contributed by atoms with van der Waals surface area (Å²) in [5, 5.41) is 3.07. The lowest BCUT2D eigenvalue weighted by atomic mass is 9.68. The van der Waals surface area contributed by atoms with E-state index in [1.54, 1.807) is 0 Å². The van der Waals surface area contributed by atoms with Crippen LogP contribution in [-0.4, -0.2) is 16.9 Å². The smallest absolute Gasteiger partial charge is 0.233 e. The summed E-state index contributed by atoms with van der Waals surface area (Å²) in [5.74, 6) is 0.750. The summed E-state index contributed by atoms with van der Waals surface area (Å²) in [7, 11) is 0. The molecule has 3 nitrogen and oxygen atoms in total. The summed E-state index contributed by atoms with van der Waals surface area (Å²) in [6.45, 7) is 2.16. The summed E-state index contributed by atoms with van der Waals surface area (Å²) in [6.07, 6.45) is 4.99. The van der Waals surface area contributed by atoms with E-state index in [9.17, 15) is 4.79 Å². The average molecular weight is 226 g/mol. The summed E-state index contributed by atoms with van der Waals surface area (Å²) >= 11 is 5.01. The van der Waals surface area contributed by atoms with Crippen molar-refractivity contribution in [3.63, 3.8) is 0 Å². The molecular weight excluding hydrogens is 208 g/mol. The predicted octanol–water partition coefficient (Wildman–Crippen LogP) is 1.36. The third kappa shape index (κ3) is 1.75. The Bertz CT molecular complexity index is 299. The lowest BCUT2D eigenvalue weighted by molar-refractivity contribution is -0.131. The molecule has 0 aliphatic heterocycles. The molecular formula is C11H18N2OS.